The molecule has 6 nitrogen and oxygen atoms in total. The molecule has 2 rings (SSSR count). The minimum absolute atomic E-state index is 0.0509. The Morgan fingerprint density at radius 3 is 2.65 bits per heavy atom. The summed E-state index contributed by atoms with van der Waals surface area (Å²) >= 11 is 0. The quantitative estimate of drug-likeness (QED) is 0.726. The fourth-order valence-electron chi connectivity index (χ4n) is 3.06. The van der Waals surface area contributed by atoms with Gasteiger partial charge in [0.25, 0.3) is 0 Å². The average molecular weight is 284 g/mol. The third kappa shape index (κ3) is 2.81. The van der Waals surface area contributed by atoms with E-state index in [4.69, 9.17) is 9.47 Å². The van der Waals surface area contributed by atoms with Crippen LogP contribution in [0, 0.1) is 0 Å². The molecule has 0 N–H and O–H groups in total. The predicted molar refractivity (Wildman–Crippen MR) is 73.2 cm³/mol. The zero-order valence-electron chi connectivity index (χ0n) is 12.5. The van der Waals surface area contributed by atoms with Crippen LogP contribution in [0.1, 0.15) is 26.2 Å². The lowest BCUT2D eigenvalue weighted by Crippen LogP contribution is -2.66. The Balaban J connectivity index is 2.11. The van der Waals surface area contributed by atoms with E-state index in [1.807, 2.05) is 0 Å². The number of amides is 2. The largest absolute Gasteiger partial charge is 0.382 e. The second kappa shape index (κ2) is 6.54. The smallest absolute Gasteiger partial charge is 0.246 e. The highest BCUT2D eigenvalue weighted by Crippen LogP contribution is 2.26. The summed E-state index contributed by atoms with van der Waals surface area (Å²) in [6, 6.07) is -0.682. The third-order valence-corrected chi connectivity index (χ3v) is 4.27. The van der Waals surface area contributed by atoms with Gasteiger partial charge in [0.1, 0.15) is 12.1 Å². The molecule has 20 heavy (non-hydrogen) atoms. The van der Waals surface area contributed by atoms with E-state index in [-0.39, 0.29) is 24.0 Å². The van der Waals surface area contributed by atoms with Crippen LogP contribution in [0.25, 0.3) is 0 Å². The van der Waals surface area contributed by atoms with Gasteiger partial charge in [-0.2, -0.15) is 0 Å². The average Bonchev–Trinajstić information content (AvgIpc) is 2.48. The van der Waals surface area contributed by atoms with E-state index < -0.39 is 6.04 Å². The van der Waals surface area contributed by atoms with Crippen molar-refractivity contribution in [3.63, 3.8) is 0 Å². The highest BCUT2D eigenvalue weighted by atomic mass is 16.5. The number of rotatable bonds is 5. The van der Waals surface area contributed by atoms with Gasteiger partial charge in [-0.1, -0.05) is 0 Å². The van der Waals surface area contributed by atoms with E-state index >= 15 is 0 Å². The van der Waals surface area contributed by atoms with E-state index in [1.165, 1.54) is 0 Å². The molecule has 0 radical (unpaired) electrons. The van der Waals surface area contributed by atoms with Crippen LogP contribution < -0.4 is 0 Å². The summed E-state index contributed by atoms with van der Waals surface area (Å²) in [5.41, 5.74) is 0. The van der Waals surface area contributed by atoms with Crippen LogP contribution in [-0.2, 0) is 19.1 Å². The summed E-state index contributed by atoms with van der Waals surface area (Å²) in [4.78, 5) is 28.4. The number of piperazine rings is 1. The number of hydrogen-bond acceptors (Lipinski definition) is 4. The first-order valence-corrected chi connectivity index (χ1v) is 7.22. The molecule has 3 unspecified atom stereocenters. The second-order valence-corrected chi connectivity index (χ2v) is 5.52. The first-order chi connectivity index (χ1) is 9.60. The molecule has 0 aromatic carbocycles. The number of ether oxygens (including phenoxy) is 2. The van der Waals surface area contributed by atoms with E-state index in [0.717, 1.165) is 19.3 Å². The summed E-state index contributed by atoms with van der Waals surface area (Å²) in [5, 5.41) is 0. The van der Waals surface area contributed by atoms with Crippen LogP contribution in [0.3, 0.4) is 0 Å². The molecular weight excluding hydrogens is 260 g/mol. The van der Waals surface area contributed by atoms with Gasteiger partial charge in [0.2, 0.25) is 11.8 Å². The highest BCUT2D eigenvalue weighted by Gasteiger charge is 2.45. The van der Waals surface area contributed by atoms with Crippen LogP contribution >= 0.6 is 0 Å². The Bertz CT molecular complexity index is 374. The molecule has 114 valence electrons. The van der Waals surface area contributed by atoms with Crippen LogP contribution in [0.4, 0.5) is 0 Å². The fraction of sp³-hybridized carbons (Fsp3) is 0.857. The number of piperidine rings is 1. The Labute approximate surface area is 120 Å². The maximum absolute atomic E-state index is 12.6. The van der Waals surface area contributed by atoms with E-state index in [9.17, 15) is 9.59 Å². The monoisotopic (exact) mass is 284 g/mol. The first kappa shape index (κ1) is 15.3. The van der Waals surface area contributed by atoms with E-state index in [1.54, 1.807) is 30.9 Å². The van der Waals surface area contributed by atoms with Gasteiger partial charge < -0.3 is 19.3 Å². The Hall–Kier alpha value is -1.14. The Kier molecular flexibility index (Phi) is 4.99. The summed E-state index contributed by atoms with van der Waals surface area (Å²) < 4.78 is 10.4. The van der Waals surface area contributed by atoms with Gasteiger partial charge in [-0.3, -0.25) is 9.59 Å². The first-order valence-electron chi connectivity index (χ1n) is 7.22. The molecule has 6 heteroatoms. The minimum atomic E-state index is -0.411. The molecular formula is C14H24N2O4. The summed E-state index contributed by atoms with van der Waals surface area (Å²) in [6.07, 6.45) is 2.57. The summed E-state index contributed by atoms with van der Waals surface area (Å²) in [7, 11) is 3.19. The van der Waals surface area contributed by atoms with Gasteiger partial charge in [0.05, 0.1) is 12.7 Å². The van der Waals surface area contributed by atoms with E-state index in [2.05, 4.69) is 0 Å². The maximum Gasteiger partial charge on any atom is 0.246 e. The molecule has 3 atom stereocenters. The number of carbonyl (C=O) groups is 2. The van der Waals surface area contributed by atoms with Crippen LogP contribution in [-0.4, -0.2) is 73.7 Å². The van der Waals surface area contributed by atoms with Crippen molar-refractivity contribution < 1.29 is 19.1 Å². The van der Waals surface area contributed by atoms with Crippen LogP contribution in [0.2, 0.25) is 0 Å². The standard InChI is InChI=1S/C14H24N2O4/c1-10-13(17)15-7-5-4-6-12(15)14(18)16(10)8-11(20-3)9-19-2/h10-12H,4-9H2,1-3H3. The molecule has 2 amide bonds. The maximum atomic E-state index is 12.6. The number of fused-ring (bicyclic) bond motifs is 1. The van der Waals surface area contributed by atoms with Gasteiger partial charge in [-0.15, -0.1) is 0 Å². The van der Waals surface area contributed by atoms with Gasteiger partial charge in [-0.05, 0) is 26.2 Å². The number of hydrogen-bond donors (Lipinski definition) is 0. The molecule has 0 aromatic rings. The van der Waals surface area contributed by atoms with Gasteiger partial charge in [-0.25, -0.2) is 0 Å². The zero-order chi connectivity index (χ0) is 14.7. The Morgan fingerprint density at radius 1 is 1.25 bits per heavy atom. The minimum Gasteiger partial charge on any atom is -0.382 e. The topological polar surface area (TPSA) is 59.1 Å². The molecule has 0 aliphatic carbocycles. The molecule has 0 aromatic heterocycles. The zero-order valence-corrected chi connectivity index (χ0v) is 12.5. The van der Waals surface area contributed by atoms with Crippen molar-refractivity contribution in [2.75, 3.05) is 33.9 Å². The molecule has 2 aliphatic heterocycles. The molecule has 2 heterocycles. The summed E-state index contributed by atoms with van der Waals surface area (Å²) in [6.45, 7) is 3.32. The van der Waals surface area contributed by atoms with Crippen molar-refractivity contribution in [1.82, 2.24) is 9.80 Å². The van der Waals surface area contributed by atoms with Gasteiger partial charge >= 0.3 is 0 Å². The van der Waals surface area contributed by atoms with E-state index in [0.29, 0.717) is 19.7 Å². The van der Waals surface area contributed by atoms with Crippen molar-refractivity contribution >= 4 is 11.8 Å². The van der Waals surface area contributed by atoms with Crippen molar-refractivity contribution in [2.45, 2.75) is 44.4 Å². The lowest BCUT2D eigenvalue weighted by Gasteiger charge is -2.46. The van der Waals surface area contributed by atoms with Crippen molar-refractivity contribution in [2.24, 2.45) is 0 Å². The number of carbonyl (C=O) groups excluding carboxylic acids is 2. The summed E-state index contributed by atoms with van der Waals surface area (Å²) in [5.74, 6) is 0.108. The third-order valence-electron chi connectivity index (χ3n) is 4.27. The highest BCUT2D eigenvalue weighted by molar-refractivity contribution is 5.96. The Morgan fingerprint density at radius 2 is 2.00 bits per heavy atom. The predicted octanol–water partition coefficient (Wildman–Crippen LogP) is 0.260. The SMILES string of the molecule is COCC(CN1C(=O)C2CCCCN2C(=O)C1C)OC. The van der Waals surface area contributed by atoms with Crippen LogP contribution in [0.15, 0.2) is 0 Å². The molecule has 0 saturated carbocycles. The number of nitrogens with zero attached hydrogens (tertiary/aromatic N) is 2. The normalized spacial score (nSPS) is 28.6. The lowest BCUT2D eigenvalue weighted by atomic mass is 9.95. The van der Waals surface area contributed by atoms with Crippen molar-refractivity contribution in [1.29, 1.82) is 0 Å². The molecule has 2 aliphatic rings. The second-order valence-electron chi connectivity index (χ2n) is 5.52. The fourth-order valence-corrected chi connectivity index (χ4v) is 3.06. The van der Waals surface area contributed by atoms with Crippen molar-refractivity contribution in [3.8, 4) is 0 Å². The molecule has 0 spiro atoms. The molecule has 2 saturated heterocycles. The molecule has 2 fully saturated rings. The number of methoxy groups -OCH3 is 2. The van der Waals surface area contributed by atoms with Gasteiger partial charge in [0.15, 0.2) is 0 Å². The van der Waals surface area contributed by atoms with Crippen LogP contribution in [0.5, 0.6) is 0 Å². The lowest BCUT2D eigenvalue weighted by molar-refractivity contribution is -0.165. The molecule has 0 bridgehead atoms. The van der Waals surface area contributed by atoms with Crippen molar-refractivity contribution in [3.05, 3.63) is 0 Å². The van der Waals surface area contributed by atoms with Gasteiger partial charge in [0, 0.05) is 27.3 Å².